The van der Waals surface area contributed by atoms with E-state index in [9.17, 15) is 14.4 Å². The molecule has 2 atom stereocenters. The van der Waals surface area contributed by atoms with Gasteiger partial charge in [-0.25, -0.2) is 4.68 Å². The molecule has 126 valence electrons. The number of nitrogens with one attached hydrogen (secondary N) is 2. The number of hydrogen-bond acceptors (Lipinski definition) is 5. The summed E-state index contributed by atoms with van der Waals surface area (Å²) in [7, 11) is 0. The average Bonchev–Trinajstić information content (AvgIpc) is 3.07. The molecule has 1 aliphatic heterocycles. The highest BCUT2D eigenvalue weighted by Crippen LogP contribution is 2.27. The molecule has 0 unspecified atom stereocenters. The van der Waals surface area contributed by atoms with Crippen LogP contribution >= 0.6 is 11.3 Å². The summed E-state index contributed by atoms with van der Waals surface area (Å²) in [5, 5.41) is 11.9. The van der Waals surface area contributed by atoms with Gasteiger partial charge in [0.15, 0.2) is 0 Å². The third-order valence-electron chi connectivity index (χ3n) is 3.89. The van der Waals surface area contributed by atoms with Gasteiger partial charge in [-0.05, 0) is 30.9 Å². The van der Waals surface area contributed by atoms with Crippen LogP contribution in [0.15, 0.2) is 34.4 Å². The van der Waals surface area contributed by atoms with Gasteiger partial charge in [0.2, 0.25) is 11.8 Å². The quantitative estimate of drug-likeness (QED) is 0.854. The van der Waals surface area contributed by atoms with Gasteiger partial charge in [-0.2, -0.15) is 5.10 Å². The van der Waals surface area contributed by atoms with Crippen LogP contribution in [-0.4, -0.2) is 27.6 Å². The van der Waals surface area contributed by atoms with Crippen molar-refractivity contribution < 1.29 is 9.59 Å². The largest absolute Gasteiger partial charge is 0.349 e. The molecule has 0 bridgehead atoms. The monoisotopic (exact) mass is 346 g/mol. The minimum Gasteiger partial charge on any atom is -0.349 e. The lowest BCUT2D eigenvalue weighted by Gasteiger charge is -2.32. The smallest absolute Gasteiger partial charge is 0.267 e. The number of carbonyl (C=O) groups excluding carboxylic acids is 2. The Kier molecular flexibility index (Phi) is 4.75. The topological polar surface area (TPSA) is 93.1 Å². The summed E-state index contributed by atoms with van der Waals surface area (Å²) < 4.78 is 1.15. The SMILES string of the molecule is Cc1ccc(=O)n(CC(=O)N[C@@H]2CCC(=O)N[C@H]2c2cccs2)n1. The summed E-state index contributed by atoms with van der Waals surface area (Å²) in [6, 6.07) is 6.42. The second-order valence-corrected chi connectivity index (χ2v) is 6.72. The minimum atomic E-state index is -0.317. The van der Waals surface area contributed by atoms with Crippen molar-refractivity contribution in [3.8, 4) is 0 Å². The molecule has 1 aliphatic rings. The minimum absolute atomic E-state index is 0.0181. The number of hydrogen-bond donors (Lipinski definition) is 2. The molecule has 3 rings (SSSR count). The molecule has 2 aromatic heterocycles. The molecule has 8 heteroatoms. The molecule has 0 aromatic carbocycles. The fourth-order valence-corrected chi connectivity index (χ4v) is 3.59. The third-order valence-corrected chi connectivity index (χ3v) is 4.85. The van der Waals surface area contributed by atoms with E-state index < -0.39 is 0 Å². The first-order valence-electron chi connectivity index (χ1n) is 7.70. The van der Waals surface area contributed by atoms with Crippen molar-refractivity contribution in [1.82, 2.24) is 20.4 Å². The van der Waals surface area contributed by atoms with Crippen LogP contribution in [0.3, 0.4) is 0 Å². The molecule has 2 aromatic rings. The maximum absolute atomic E-state index is 12.3. The standard InChI is InChI=1S/C16H18N4O3S/c1-10-4-7-15(23)20(19-10)9-14(22)17-11-5-6-13(21)18-16(11)12-3-2-8-24-12/h2-4,7-8,11,16H,5-6,9H2,1H3,(H,17,22)(H,18,21)/t11-,16-/m1/s1. The molecule has 2 amide bonds. The van der Waals surface area contributed by atoms with Crippen LogP contribution in [0, 0.1) is 6.92 Å². The van der Waals surface area contributed by atoms with E-state index in [0.717, 1.165) is 9.56 Å². The zero-order chi connectivity index (χ0) is 17.1. The Labute approximate surface area is 142 Å². The Morgan fingerprint density at radius 1 is 1.42 bits per heavy atom. The molecule has 24 heavy (non-hydrogen) atoms. The summed E-state index contributed by atoms with van der Waals surface area (Å²) in [5.41, 5.74) is 0.353. The van der Waals surface area contributed by atoms with E-state index in [2.05, 4.69) is 15.7 Å². The summed E-state index contributed by atoms with van der Waals surface area (Å²) in [6.45, 7) is 1.62. The zero-order valence-corrected chi connectivity index (χ0v) is 14.0. The van der Waals surface area contributed by atoms with Crippen LogP contribution < -0.4 is 16.2 Å². The van der Waals surface area contributed by atoms with Gasteiger partial charge in [0.1, 0.15) is 6.54 Å². The van der Waals surface area contributed by atoms with Gasteiger partial charge in [0.25, 0.3) is 5.56 Å². The number of aromatic nitrogens is 2. The number of carbonyl (C=O) groups is 2. The number of amides is 2. The molecule has 1 fully saturated rings. The number of piperidine rings is 1. The van der Waals surface area contributed by atoms with Gasteiger partial charge < -0.3 is 10.6 Å². The Morgan fingerprint density at radius 2 is 2.25 bits per heavy atom. The van der Waals surface area contributed by atoms with Crippen LogP contribution in [0.4, 0.5) is 0 Å². The fourth-order valence-electron chi connectivity index (χ4n) is 2.75. The first-order chi connectivity index (χ1) is 11.5. The highest BCUT2D eigenvalue weighted by Gasteiger charge is 2.31. The van der Waals surface area contributed by atoms with Gasteiger partial charge in [0, 0.05) is 17.4 Å². The van der Waals surface area contributed by atoms with E-state index >= 15 is 0 Å². The summed E-state index contributed by atoms with van der Waals surface area (Å²) >= 11 is 1.54. The molecular weight excluding hydrogens is 328 g/mol. The summed E-state index contributed by atoms with van der Waals surface area (Å²) in [4.78, 5) is 36.8. The average molecular weight is 346 g/mol. The van der Waals surface area contributed by atoms with Gasteiger partial charge in [-0.3, -0.25) is 14.4 Å². The lowest BCUT2D eigenvalue weighted by atomic mass is 9.96. The van der Waals surface area contributed by atoms with Gasteiger partial charge >= 0.3 is 0 Å². The Bertz CT molecular complexity index is 800. The van der Waals surface area contributed by atoms with Gasteiger partial charge in [0.05, 0.1) is 17.8 Å². The van der Waals surface area contributed by atoms with Crippen LogP contribution in [0.5, 0.6) is 0 Å². The normalized spacial score (nSPS) is 20.5. The summed E-state index contributed by atoms with van der Waals surface area (Å²) in [6.07, 6.45) is 0.936. The molecular formula is C16H18N4O3S. The second kappa shape index (κ2) is 6.96. The fraction of sp³-hybridized carbons (Fsp3) is 0.375. The maximum Gasteiger partial charge on any atom is 0.267 e. The van der Waals surface area contributed by atoms with Crippen molar-refractivity contribution in [1.29, 1.82) is 0 Å². The number of thiophene rings is 1. The molecule has 0 saturated carbocycles. The molecule has 7 nitrogen and oxygen atoms in total. The van der Waals surface area contributed by atoms with Crippen LogP contribution in [-0.2, 0) is 16.1 Å². The molecule has 3 heterocycles. The van der Waals surface area contributed by atoms with Crippen molar-refractivity contribution >= 4 is 23.2 Å². The van der Waals surface area contributed by atoms with Crippen molar-refractivity contribution in [2.75, 3.05) is 0 Å². The number of rotatable bonds is 4. The van der Waals surface area contributed by atoms with Crippen LogP contribution in [0.1, 0.15) is 29.5 Å². The molecule has 1 saturated heterocycles. The first kappa shape index (κ1) is 16.4. The molecule has 0 aliphatic carbocycles. The third kappa shape index (κ3) is 3.70. The van der Waals surface area contributed by atoms with E-state index in [1.807, 2.05) is 17.5 Å². The maximum atomic E-state index is 12.3. The van der Waals surface area contributed by atoms with Crippen LogP contribution in [0.25, 0.3) is 0 Å². The van der Waals surface area contributed by atoms with E-state index in [-0.39, 0.29) is 36.0 Å². The molecule has 0 spiro atoms. The van der Waals surface area contributed by atoms with Crippen molar-refractivity contribution in [3.05, 3.63) is 50.6 Å². The lowest BCUT2D eigenvalue weighted by molar-refractivity contribution is -0.127. The lowest BCUT2D eigenvalue weighted by Crippen LogP contribution is -2.51. The predicted molar refractivity (Wildman–Crippen MR) is 89.6 cm³/mol. The van der Waals surface area contributed by atoms with E-state index in [0.29, 0.717) is 18.5 Å². The number of aryl methyl sites for hydroxylation is 1. The highest BCUT2D eigenvalue weighted by atomic mass is 32.1. The van der Waals surface area contributed by atoms with E-state index in [4.69, 9.17) is 0 Å². The molecule has 2 N–H and O–H groups in total. The predicted octanol–water partition coefficient (Wildman–Crippen LogP) is 0.749. The van der Waals surface area contributed by atoms with Gasteiger partial charge in [-0.1, -0.05) is 6.07 Å². The molecule has 0 radical (unpaired) electrons. The second-order valence-electron chi connectivity index (χ2n) is 5.74. The van der Waals surface area contributed by atoms with Crippen LogP contribution in [0.2, 0.25) is 0 Å². The van der Waals surface area contributed by atoms with E-state index in [1.165, 1.54) is 17.4 Å². The van der Waals surface area contributed by atoms with Crippen molar-refractivity contribution in [2.24, 2.45) is 0 Å². The van der Waals surface area contributed by atoms with E-state index in [1.54, 1.807) is 13.0 Å². The Hall–Kier alpha value is -2.48. The Morgan fingerprint density at radius 3 is 3.00 bits per heavy atom. The number of nitrogens with zero attached hydrogens (tertiary/aromatic N) is 2. The first-order valence-corrected chi connectivity index (χ1v) is 8.58. The van der Waals surface area contributed by atoms with Gasteiger partial charge in [-0.15, -0.1) is 11.3 Å². The summed E-state index contributed by atoms with van der Waals surface area (Å²) in [5.74, 6) is -0.312. The Balaban J connectivity index is 1.71. The van der Waals surface area contributed by atoms with Crippen molar-refractivity contribution in [3.63, 3.8) is 0 Å². The zero-order valence-electron chi connectivity index (χ0n) is 13.2. The van der Waals surface area contributed by atoms with Crippen molar-refractivity contribution in [2.45, 2.75) is 38.4 Å². The highest BCUT2D eigenvalue weighted by molar-refractivity contribution is 7.10.